The maximum Gasteiger partial charge on any atom is 0.351 e. The number of nitrogens with one attached hydrogen (secondary N) is 5. The molecule has 0 spiro atoms. The number of hydrogen-bond acceptors (Lipinski definition) is 19. The summed E-state index contributed by atoms with van der Waals surface area (Å²) in [4.78, 5) is 93.3. The van der Waals surface area contributed by atoms with E-state index in [1.165, 1.54) is 30.0 Å². The lowest BCUT2D eigenvalue weighted by atomic mass is 10.2. The third-order valence-electron chi connectivity index (χ3n) is 6.45. The van der Waals surface area contributed by atoms with Crippen molar-refractivity contribution < 1.29 is 53.8 Å². The zero-order valence-corrected chi connectivity index (χ0v) is 29.4. The van der Waals surface area contributed by atoms with Crippen molar-refractivity contribution in [2.24, 2.45) is 10.3 Å². The van der Waals surface area contributed by atoms with E-state index in [0.717, 1.165) is 53.3 Å². The van der Waals surface area contributed by atoms with Crippen molar-refractivity contribution in [3.05, 3.63) is 45.7 Å². The van der Waals surface area contributed by atoms with Crippen molar-refractivity contribution in [1.82, 2.24) is 31.2 Å². The zero-order chi connectivity index (χ0) is 37.2. The van der Waals surface area contributed by atoms with Crippen LogP contribution in [0.5, 0.6) is 0 Å². The van der Waals surface area contributed by atoms with Gasteiger partial charge in [0.1, 0.15) is 53.8 Å². The summed E-state index contributed by atoms with van der Waals surface area (Å²) in [6.45, 7) is 0. The highest BCUT2D eigenvalue weighted by Crippen LogP contribution is 2.24. The number of amides is 3. The predicted molar refractivity (Wildman–Crippen MR) is 186 cm³/mol. The highest BCUT2D eigenvalue weighted by molar-refractivity contribution is 8.00. The number of hydrogen-bond donors (Lipinski definition) is 9. The summed E-state index contributed by atoms with van der Waals surface area (Å²) >= 11 is 4.02. The van der Waals surface area contributed by atoms with Crippen LogP contribution in [0.1, 0.15) is 11.4 Å². The zero-order valence-electron chi connectivity index (χ0n) is 26.1. The third kappa shape index (κ3) is 9.86. The van der Waals surface area contributed by atoms with Gasteiger partial charge in [0.2, 0.25) is 0 Å². The molecule has 4 unspecified atom stereocenters. The van der Waals surface area contributed by atoms with Crippen LogP contribution < -0.4 is 32.3 Å². The predicted octanol–water partition coefficient (Wildman–Crippen LogP) is -1.16. The summed E-state index contributed by atoms with van der Waals surface area (Å²) in [6.07, 6.45) is 2.75. The molecule has 2 aliphatic heterocycles. The van der Waals surface area contributed by atoms with Crippen LogP contribution in [0, 0.1) is 0 Å². The number of nitrogens with two attached hydrogens (primary N) is 1. The Morgan fingerprint density at radius 1 is 0.824 bits per heavy atom. The summed E-state index contributed by atoms with van der Waals surface area (Å²) < 4.78 is 0. The highest BCUT2D eigenvalue weighted by Gasteiger charge is 2.37. The fourth-order valence-corrected chi connectivity index (χ4v) is 7.58. The number of aromatic nitrogens is 2. The number of nitrogen functional groups attached to an aromatic ring is 1. The number of carbonyl (C=O) groups is 6. The Kier molecular flexibility index (Phi) is 13.2. The third-order valence-corrected chi connectivity index (χ3v) is 10.1. The van der Waals surface area contributed by atoms with Crippen LogP contribution >= 0.6 is 46.2 Å². The molecule has 0 fully saturated rings. The molecule has 4 rings (SSSR count). The van der Waals surface area contributed by atoms with Gasteiger partial charge in [-0.3, -0.25) is 14.4 Å². The molecular weight excluding hydrogens is 757 g/mol. The van der Waals surface area contributed by atoms with Gasteiger partial charge in [-0.2, -0.15) is 0 Å². The lowest BCUT2D eigenvalue weighted by Gasteiger charge is -2.30. The minimum absolute atomic E-state index is 0.0565. The van der Waals surface area contributed by atoms with Gasteiger partial charge in [-0.1, -0.05) is 10.3 Å². The van der Waals surface area contributed by atoms with Gasteiger partial charge in [-0.15, -0.1) is 46.2 Å². The van der Waals surface area contributed by atoms with E-state index in [1.807, 2.05) is 0 Å². The topological polar surface area (TPSA) is 318 Å². The second-order valence-electron chi connectivity index (χ2n) is 9.73. The normalized spacial score (nSPS) is 18.7. The summed E-state index contributed by atoms with van der Waals surface area (Å²) in [5.41, 5.74) is 4.37. The molecule has 0 saturated carbocycles. The van der Waals surface area contributed by atoms with Crippen molar-refractivity contribution in [2.75, 3.05) is 36.8 Å². The first-order valence-electron chi connectivity index (χ1n) is 14.0. The molecule has 2 aromatic heterocycles. The van der Waals surface area contributed by atoms with Crippen LogP contribution in [0.25, 0.3) is 0 Å². The molecular formula is C26H28N10O11S4. The minimum Gasteiger partial charge on any atom is -0.480 e. The molecule has 0 bridgehead atoms. The fourth-order valence-electron chi connectivity index (χ4n) is 4.21. The Morgan fingerprint density at radius 3 is 1.78 bits per heavy atom. The van der Waals surface area contributed by atoms with Crippen molar-refractivity contribution in [3.63, 3.8) is 0 Å². The second kappa shape index (κ2) is 17.5. The second-order valence-corrected chi connectivity index (χ2v) is 13.8. The molecule has 2 aliphatic rings. The largest absolute Gasteiger partial charge is 0.480 e. The van der Waals surface area contributed by atoms with Gasteiger partial charge >= 0.3 is 17.9 Å². The van der Waals surface area contributed by atoms with Crippen molar-refractivity contribution in [1.29, 1.82) is 0 Å². The maximum absolute atomic E-state index is 13.7. The Morgan fingerprint density at radius 2 is 1.31 bits per heavy atom. The SMILES string of the molecule is CO/N=C(\C(=O)NC(C(=O)O)C1NC(C(=O)O)=CCS1)c1csc(NC(=O)C(NC(=O)/C(=N\OC)c2csc(N)n2)C2NC(C(=O)O)=CCS2)n1. The van der Waals surface area contributed by atoms with Gasteiger partial charge in [0, 0.05) is 22.3 Å². The van der Waals surface area contributed by atoms with Gasteiger partial charge in [0.25, 0.3) is 17.7 Å². The van der Waals surface area contributed by atoms with E-state index in [2.05, 4.69) is 46.9 Å². The smallest absolute Gasteiger partial charge is 0.351 e. The van der Waals surface area contributed by atoms with Gasteiger partial charge in [-0.05, 0) is 12.2 Å². The number of carboxylic acid groups (broad SMARTS) is 3. The van der Waals surface area contributed by atoms with E-state index in [4.69, 9.17) is 15.4 Å². The lowest BCUT2D eigenvalue weighted by molar-refractivity contribution is -0.141. The van der Waals surface area contributed by atoms with Gasteiger partial charge in [0.15, 0.2) is 27.7 Å². The van der Waals surface area contributed by atoms with Crippen LogP contribution in [-0.2, 0) is 38.4 Å². The first kappa shape index (κ1) is 38.4. The molecule has 0 aromatic carbocycles. The van der Waals surface area contributed by atoms with E-state index < -0.39 is 64.2 Å². The minimum atomic E-state index is -1.62. The monoisotopic (exact) mass is 784 g/mol. The Labute approximate surface area is 303 Å². The molecule has 51 heavy (non-hydrogen) atoms. The number of thioether (sulfide) groups is 2. The number of aliphatic carboxylic acids is 3. The van der Waals surface area contributed by atoms with Crippen molar-refractivity contribution >= 4 is 104 Å². The first-order valence-corrected chi connectivity index (χ1v) is 17.9. The molecule has 10 N–H and O–H groups in total. The van der Waals surface area contributed by atoms with Crippen LogP contribution in [0.2, 0.25) is 0 Å². The molecule has 25 heteroatoms. The van der Waals surface area contributed by atoms with Gasteiger partial charge in [0.05, 0.1) is 0 Å². The molecule has 0 aliphatic carbocycles. The summed E-state index contributed by atoms with van der Waals surface area (Å²) in [5, 5.41) is 49.3. The Balaban J connectivity index is 1.55. The van der Waals surface area contributed by atoms with Crippen LogP contribution in [0.3, 0.4) is 0 Å². The standard InChI is InChI=1S/C26H28N10O11S4/c1-46-35-13(11-7-50-25(27)30-11)17(37)32-15(20-28-9(22(40)41)3-5-48-20)19(39)34-26-31-12(8-51-26)14(36-47-2)18(38)33-16(24(44)45)21-29-10(23(42)43)4-6-49-21/h3-4,7-8,15-16,20-21,28-29H,5-6H2,1-2H3,(H2,27,30)(H,32,37)(H,33,38)(H,40,41)(H,42,43)(H,44,45)(H,31,34,39)/b35-13-,36-14-. The number of nitrogens with zero attached hydrogens (tertiary/aromatic N) is 4. The van der Waals surface area contributed by atoms with Crippen molar-refractivity contribution in [2.45, 2.75) is 22.8 Å². The number of oxime groups is 2. The van der Waals surface area contributed by atoms with E-state index in [-0.39, 0.29) is 50.3 Å². The number of carboxylic acids is 3. The van der Waals surface area contributed by atoms with Crippen LogP contribution in [-0.4, -0.2) is 121 Å². The van der Waals surface area contributed by atoms with E-state index in [1.54, 1.807) is 0 Å². The summed E-state index contributed by atoms with van der Waals surface area (Å²) in [5.74, 6) is -6.55. The molecule has 2 aromatic rings. The van der Waals surface area contributed by atoms with E-state index in [9.17, 15) is 44.1 Å². The van der Waals surface area contributed by atoms with E-state index in [0.29, 0.717) is 0 Å². The average Bonchev–Trinajstić information content (AvgIpc) is 3.75. The highest BCUT2D eigenvalue weighted by atomic mass is 32.2. The number of carbonyl (C=O) groups excluding carboxylic acids is 3. The number of thiazole rings is 2. The fraction of sp³-hybridized carbons (Fsp3) is 0.308. The molecule has 21 nitrogen and oxygen atoms in total. The molecule has 272 valence electrons. The van der Waals surface area contributed by atoms with Gasteiger partial charge < -0.3 is 57.3 Å². The maximum atomic E-state index is 13.7. The first-order chi connectivity index (χ1) is 24.3. The lowest BCUT2D eigenvalue weighted by Crippen LogP contribution is -2.57. The van der Waals surface area contributed by atoms with Crippen LogP contribution in [0.15, 0.2) is 44.6 Å². The number of anilines is 2. The molecule has 3 amide bonds. The molecule has 4 atom stereocenters. The summed E-state index contributed by atoms with van der Waals surface area (Å²) in [6, 6.07) is -3.08. The Bertz CT molecular complexity index is 1820. The number of rotatable bonds is 15. The molecule has 4 heterocycles. The summed E-state index contributed by atoms with van der Waals surface area (Å²) in [7, 11) is 2.32. The average molecular weight is 785 g/mol. The van der Waals surface area contributed by atoms with Crippen molar-refractivity contribution in [3.8, 4) is 0 Å². The van der Waals surface area contributed by atoms with Gasteiger partial charge in [-0.25, -0.2) is 24.4 Å². The Hall–Kier alpha value is -5.40. The quantitative estimate of drug-likeness (QED) is 0.0759. The molecule has 0 saturated heterocycles. The van der Waals surface area contributed by atoms with E-state index >= 15 is 0 Å². The van der Waals surface area contributed by atoms with Crippen LogP contribution in [0.4, 0.5) is 10.3 Å². The molecule has 0 radical (unpaired) electrons.